The number of para-hydroxylation sites is 1. The number of hydrogen-bond donors (Lipinski definition) is 1. The number of halogens is 1. The van der Waals surface area contributed by atoms with E-state index in [1.165, 1.54) is 23.9 Å². The molecule has 2 aromatic carbocycles. The SMILES string of the molecule is COc1cccc(CNC(=O)CSc2nccnc2N2CCN(c3ccc(F)cc3)CC2)c1OC. The number of aromatic nitrogens is 2. The molecule has 0 saturated carbocycles. The summed E-state index contributed by atoms with van der Waals surface area (Å²) in [4.78, 5) is 26.0. The van der Waals surface area contributed by atoms with E-state index in [2.05, 4.69) is 25.1 Å². The summed E-state index contributed by atoms with van der Waals surface area (Å²) < 4.78 is 24.0. The van der Waals surface area contributed by atoms with Crippen molar-refractivity contribution in [3.63, 3.8) is 0 Å². The van der Waals surface area contributed by atoms with E-state index in [0.717, 1.165) is 48.3 Å². The second-order valence-corrected chi connectivity index (χ2v) is 8.82. The maximum Gasteiger partial charge on any atom is 0.230 e. The Morgan fingerprint density at radius 3 is 2.43 bits per heavy atom. The topological polar surface area (TPSA) is 79.8 Å². The van der Waals surface area contributed by atoms with Crippen molar-refractivity contribution in [2.45, 2.75) is 11.6 Å². The van der Waals surface area contributed by atoms with E-state index in [1.807, 2.05) is 18.2 Å². The van der Waals surface area contributed by atoms with Gasteiger partial charge >= 0.3 is 0 Å². The Balaban J connectivity index is 1.32. The average molecular weight is 498 g/mol. The Kier molecular flexibility index (Phi) is 8.25. The summed E-state index contributed by atoms with van der Waals surface area (Å²) in [6.45, 7) is 3.42. The highest BCUT2D eigenvalue weighted by Crippen LogP contribution is 2.31. The van der Waals surface area contributed by atoms with Gasteiger partial charge in [-0.15, -0.1) is 0 Å². The maximum atomic E-state index is 13.2. The molecule has 3 aromatic rings. The molecule has 0 unspecified atom stereocenters. The van der Waals surface area contributed by atoms with Crippen molar-refractivity contribution < 1.29 is 18.7 Å². The molecule has 0 aliphatic carbocycles. The van der Waals surface area contributed by atoms with Crippen LogP contribution in [0.15, 0.2) is 59.9 Å². The Morgan fingerprint density at radius 1 is 1.00 bits per heavy atom. The zero-order valence-corrected chi connectivity index (χ0v) is 20.6. The van der Waals surface area contributed by atoms with Gasteiger partial charge in [-0.25, -0.2) is 14.4 Å². The zero-order valence-electron chi connectivity index (χ0n) is 19.7. The smallest absolute Gasteiger partial charge is 0.230 e. The molecular formula is C25H28FN5O3S. The number of carbonyl (C=O) groups excluding carboxylic acids is 1. The van der Waals surface area contributed by atoms with Crippen LogP contribution in [0.25, 0.3) is 0 Å². The Labute approximate surface area is 208 Å². The van der Waals surface area contributed by atoms with Crippen LogP contribution in [0.4, 0.5) is 15.9 Å². The minimum atomic E-state index is -0.236. The number of anilines is 2. The molecule has 2 heterocycles. The normalized spacial score (nSPS) is 13.5. The van der Waals surface area contributed by atoms with Crippen LogP contribution in [0.3, 0.4) is 0 Å². The summed E-state index contributed by atoms with van der Waals surface area (Å²) >= 11 is 1.36. The highest BCUT2D eigenvalue weighted by molar-refractivity contribution is 8.00. The number of nitrogens with zero attached hydrogens (tertiary/aromatic N) is 4. The number of methoxy groups -OCH3 is 2. The molecule has 1 aromatic heterocycles. The number of benzene rings is 2. The van der Waals surface area contributed by atoms with E-state index in [4.69, 9.17) is 9.47 Å². The molecular weight excluding hydrogens is 469 g/mol. The molecule has 0 bridgehead atoms. The van der Waals surface area contributed by atoms with Crippen LogP contribution in [-0.4, -0.2) is 62.0 Å². The van der Waals surface area contributed by atoms with Crippen molar-refractivity contribution >= 4 is 29.2 Å². The second kappa shape index (κ2) is 11.7. The monoisotopic (exact) mass is 497 g/mol. The van der Waals surface area contributed by atoms with E-state index >= 15 is 0 Å². The number of carbonyl (C=O) groups is 1. The third-order valence-electron chi connectivity index (χ3n) is 5.72. The molecule has 10 heteroatoms. The summed E-state index contributed by atoms with van der Waals surface area (Å²) in [7, 11) is 3.16. The fourth-order valence-corrected chi connectivity index (χ4v) is 4.75. The van der Waals surface area contributed by atoms with Crippen LogP contribution in [-0.2, 0) is 11.3 Å². The fraction of sp³-hybridized carbons (Fsp3) is 0.320. The van der Waals surface area contributed by atoms with Gasteiger partial charge in [0.2, 0.25) is 5.91 Å². The predicted molar refractivity (Wildman–Crippen MR) is 135 cm³/mol. The molecule has 0 atom stereocenters. The molecule has 1 saturated heterocycles. The van der Waals surface area contributed by atoms with Gasteiger partial charge in [0.25, 0.3) is 0 Å². The number of thioether (sulfide) groups is 1. The first-order valence-electron chi connectivity index (χ1n) is 11.2. The van der Waals surface area contributed by atoms with Crippen LogP contribution < -0.4 is 24.6 Å². The Hall–Kier alpha value is -3.53. The zero-order chi connectivity index (χ0) is 24.6. The molecule has 4 rings (SSSR count). The van der Waals surface area contributed by atoms with Gasteiger partial charge in [-0.05, 0) is 30.3 Å². The lowest BCUT2D eigenvalue weighted by molar-refractivity contribution is -0.118. The lowest BCUT2D eigenvalue weighted by atomic mass is 10.2. The van der Waals surface area contributed by atoms with Gasteiger partial charge in [-0.1, -0.05) is 23.9 Å². The van der Waals surface area contributed by atoms with Crippen molar-refractivity contribution in [3.05, 3.63) is 66.2 Å². The van der Waals surface area contributed by atoms with Gasteiger partial charge in [-0.3, -0.25) is 4.79 Å². The first kappa shape index (κ1) is 24.6. The van der Waals surface area contributed by atoms with Gasteiger partial charge in [0.1, 0.15) is 10.8 Å². The number of ether oxygens (including phenoxy) is 2. The van der Waals surface area contributed by atoms with Gasteiger partial charge < -0.3 is 24.6 Å². The highest BCUT2D eigenvalue weighted by Gasteiger charge is 2.22. The molecule has 0 radical (unpaired) electrons. The lowest BCUT2D eigenvalue weighted by Gasteiger charge is -2.37. The molecule has 1 aliphatic rings. The van der Waals surface area contributed by atoms with Crippen molar-refractivity contribution in [3.8, 4) is 11.5 Å². The van der Waals surface area contributed by atoms with Crippen LogP contribution in [0.5, 0.6) is 11.5 Å². The van der Waals surface area contributed by atoms with E-state index in [0.29, 0.717) is 18.0 Å². The largest absolute Gasteiger partial charge is 0.493 e. The Bertz CT molecular complexity index is 1140. The fourth-order valence-electron chi connectivity index (χ4n) is 3.94. The minimum absolute atomic E-state index is 0.113. The van der Waals surface area contributed by atoms with Gasteiger partial charge in [0.05, 0.1) is 20.0 Å². The Morgan fingerprint density at radius 2 is 1.71 bits per heavy atom. The molecule has 184 valence electrons. The predicted octanol–water partition coefficient (Wildman–Crippen LogP) is 3.37. The average Bonchev–Trinajstić information content (AvgIpc) is 2.91. The number of piperazine rings is 1. The molecule has 0 spiro atoms. The molecule has 1 aliphatic heterocycles. The van der Waals surface area contributed by atoms with Crippen LogP contribution in [0.1, 0.15) is 5.56 Å². The maximum absolute atomic E-state index is 13.2. The molecule has 1 amide bonds. The number of rotatable bonds is 9. The van der Waals surface area contributed by atoms with Crippen LogP contribution >= 0.6 is 11.8 Å². The summed E-state index contributed by atoms with van der Waals surface area (Å²) in [6, 6.07) is 12.1. The van der Waals surface area contributed by atoms with Crippen molar-refractivity contribution in [1.29, 1.82) is 0 Å². The van der Waals surface area contributed by atoms with Gasteiger partial charge in [0, 0.05) is 56.4 Å². The minimum Gasteiger partial charge on any atom is -0.493 e. The van der Waals surface area contributed by atoms with E-state index < -0.39 is 0 Å². The number of amides is 1. The van der Waals surface area contributed by atoms with Crippen molar-refractivity contribution in [2.75, 3.05) is 56.0 Å². The third-order valence-corrected chi connectivity index (χ3v) is 6.69. The number of hydrogen-bond acceptors (Lipinski definition) is 8. The van der Waals surface area contributed by atoms with Crippen molar-refractivity contribution in [1.82, 2.24) is 15.3 Å². The van der Waals surface area contributed by atoms with Crippen LogP contribution in [0, 0.1) is 5.82 Å². The van der Waals surface area contributed by atoms with E-state index in [9.17, 15) is 9.18 Å². The first-order valence-corrected chi connectivity index (χ1v) is 12.2. The summed E-state index contributed by atoms with van der Waals surface area (Å²) in [5.74, 6) is 1.88. The molecule has 35 heavy (non-hydrogen) atoms. The number of nitrogens with one attached hydrogen (secondary N) is 1. The second-order valence-electron chi connectivity index (χ2n) is 7.85. The first-order chi connectivity index (χ1) is 17.1. The van der Waals surface area contributed by atoms with Gasteiger partial charge in [0.15, 0.2) is 17.3 Å². The van der Waals surface area contributed by atoms with Crippen LogP contribution in [0.2, 0.25) is 0 Å². The summed E-state index contributed by atoms with van der Waals surface area (Å²) in [6.07, 6.45) is 3.31. The highest BCUT2D eigenvalue weighted by atomic mass is 32.2. The summed E-state index contributed by atoms with van der Waals surface area (Å²) in [5.41, 5.74) is 1.84. The summed E-state index contributed by atoms with van der Waals surface area (Å²) in [5, 5.41) is 3.65. The molecule has 1 fully saturated rings. The standard InChI is InChI=1S/C25H28FN5O3S/c1-33-21-5-3-4-18(23(21)34-2)16-29-22(32)17-35-25-24(27-10-11-28-25)31-14-12-30(13-15-31)20-8-6-19(26)7-9-20/h3-11H,12-17H2,1-2H3,(H,29,32). The van der Waals surface area contributed by atoms with E-state index in [1.54, 1.807) is 38.7 Å². The molecule has 8 nitrogen and oxygen atoms in total. The molecule has 1 N–H and O–H groups in total. The lowest BCUT2D eigenvalue weighted by Crippen LogP contribution is -2.47. The van der Waals surface area contributed by atoms with Gasteiger partial charge in [-0.2, -0.15) is 0 Å². The van der Waals surface area contributed by atoms with E-state index in [-0.39, 0.29) is 17.5 Å². The van der Waals surface area contributed by atoms with Crippen molar-refractivity contribution in [2.24, 2.45) is 0 Å². The quantitative estimate of drug-likeness (QED) is 0.451. The third kappa shape index (κ3) is 6.13.